The zero-order chi connectivity index (χ0) is 15.4. The molecule has 7 heteroatoms. The minimum Gasteiger partial charge on any atom is -0.463 e. The van der Waals surface area contributed by atoms with Gasteiger partial charge < -0.3 is 15.4 Å². The average Bonchev–Trinajstić information content (AvgIpc) is 2.46. The second-order valence-electron chi connectivity index (χ2n) is 4.33. The molecule has 0 fully saturated rings. The molecule has 1 aliphatic rings. The van der Waals surface area contributed by atoms with Crippen molar-refractivity contribution in [2.75, 3.05) is 12.5 Å². The summed E-state index contributed by atoms with van der Waals surface area (Å²) in [6.45, 7) is 1.85. The molecule has 5 nitrogen and oxygen atoms in total. The summed E-state index contributed by atoms with van der Waals surface area (Å²) in [4.78, 5) is 23.8. The highest BCUT2D eigenvalue weighted by molar-refractivity contribution is 6.20. The number of rotatable bonds is 4. The van der Waals surface area contributed by atoms with E-state index in [4.69, 9.17) is 16.3 Å². The second-order valence-corrected chi connectivity index (χ2v) is 4.60. The van der Waals surface area contributed by atoms with E-state index in [1.54, 1.807) is 13.0 Å². The number of nitrogens with one attached hydrogen (secondary N) is 2. The molecule has 2 rings (SSSR count). The zero-order valence-corrected chi connectivity index (χ0v) is 12.0. The summed E-state index contributed by atoms with van der Waals surface area (Å²) >= 11 is 5.79. The fourth-order valence-electron chi connectivity index (χ4n) is 2.11. The number of alkyl halides is 1. The quantitative estimate of drug-likeness (QED) is 0.662. The van der Waals surface area contributed by atoms with Crippen LogP contribution in [0.25, 0.3) is 0 Å². The largest absolute Gasteiger partial charge is 0.463 e. The fourth-order valence-corrected chi connectivity index (χ4v) is 2.32. The number of carbonyl (C=O) groups is 2. The number of urea groups is 1. The fraction of sp³-hybridized carbons (Fsp3) is 0.286. The van der Waals surface area contributed by atoms with Crippen molar-refractivity contribution in [3.8, 4) is 0 Å². The molecule has 1 aromatic rings. The minimum atomic E-state index is -0.803. The number of amides is 2. The van der Waals surface area contributed by atoms with Gasteiger partial charge in [-0.2, -0.15) is 0 Å². The van der Waals surface area contributed by atoms with E-state index < -0.39 is 23.9 Å². The van der Waals surface area contributed by atoms with Crippen LogP contribution in [0.2, 0.25) is 0 Å². The van der Waals surface area contributed by atoms with Crippen molar-refractivity contribution in [1.29, 1.82) is 0 Å². The molecule has 112 valence electrons. The van der Waals surface area contributed by atoms with Gasteiger partial charge in [0.15, 0.2) is 0 Å². The smallest absolute Gasteiger partial charge is 0.338 e. The summed E-state index contributed by atoms with van der Waals surface area (Å²) in [6, 6.07) is 4.34. The van der Waals surface area contributed by atoms with Crippen molar-refractivity contribution in [2.24, 2.45) is 0 Å². The highest BCUT2D eigenvalue weighted by Crippen LogP contribution is 2.28. The Labute approximate surface area is 126 Å². The molecule has 2 N–H and O–H groups in total. The molecule has 0 saturated carbocycles. The number of hydrogen-bond donors (Lipinski definition) is 2. The lowest BCUT2D eigenvalue weighted by molar-refractivity contribution is -0.139. The topological polar surface area (TPSA) is 67.4 Å². The normalized spacial score (nSPS) is 18.0. The zero-order valence-electron chi connectivity index (χ0n) is 11.3. The average molecular weight is 313 g/mol. The van der Waals surface area contributed by atoms with Gasteiger partial charge in [0.1, 0.15) is 5.82 Å². The van der Waals surface area contributed by atoms with Crippen molar-refractivity contribution in [3.63, 3.8) is 0 Å². The lowest BCUT2D eigenvalue weighted by Crippen LogP contribution is -2.46. The first-order valence-corrected chi connectivity index (χ1v) is 6.89. The van der Waals surface area contributed by atoms with E-state index in [-0.39, 0.29) is 23.8 Å². The number of benzene rings is 1. The van der Waals surface area contributed by atoms with Crippen LogP contribution in [0.3, 0.4) is 0 Å². The number of halogens is 2. The van der Waals surface area contributed by atoms with E-state index in [1.807, 2.05) is 0 Å². The molecule has 1 heterocycles. The Morgan fingerprint density at radius 1 is 1.48 bits per heavy atom. The molecular formula is C14H14ClFN2O3. The molecular weight excluding hydrogens is 299 g/mol. The van der Waals surface area contributed by atoms with Gasteiger partial charge in [0, 0.05) is 5.70 Å². The molecule has 1 aromatic carbocycles. The maximum Gasteiger partial charge on any atom is 0.338 e. The van der Waals surface area contributed by atoms with Crippen LogP contribution < -0.4 is 10.6 Å². The second kappa shape index (κ2) is 6.58. The molecule has 21 heavy (non-hydrogen) atoms. The van der Waals surface area contributed by atoms with E-state index in [0.717, 1.165) is 0 Å². The van der Waals surface area contributed by atoms with Gasteiger partial charge in [-0.05, 0) is 24.6 Å². The van der Waals surface area contributed by atoms with Crippen LogP contribution in [-0.2, 0) is 9.53 Å². The Hall–Kier alpha value is -2.08. The van der Waals surface area contributed by atoms with Crippen LogP contribution in [0.1, 0.15) is 18.5 Å². The molecule has 0 spiro atoms. The van der Waals surface area contributed by atoms with Crippen molar-refractivity contribution in [1.82, 2.24) is 10.6 Å². The number of esters is 1. The predicted molar refractivity (Wildman–Crippen MR) is 75.2 cm³/mol. The van der Waals surface area contributed by atoms with Crippen molar-refractivity contribution in [2.45, 2.75) is 13.0 Å². The summed E-state index contributed by atoms with van der Waals surface area (Å²) in [5.74, 6) is -1.13. The lowest BCUT2D eigenvalue weighted by atomic mass is 9.95. The highest BCUT2D eigenvalue weighted by Gasteiger charge is 2.33. The van der Waals surface area contributed by atoms with Gasteiger partial charge in [-0.15, -0.1) is 11.6 Å². The number of hydrogen-bond acceptors (Lipinski definition) is 3. The first-order valence-electron chi connectivity index (χ1n) is 6.36. The van der Waals surface area contributed by atoms with Crippen LogP contribution in [0.4, 0.5) is 9.18 Å². The van der Waals surface area contributed by atoms with Gasteiger partial charge in [-0.3, -0.25) is 0 Å². The summed E-state index contributed by atoms with van der Waals surface area (Å²) in [5.41, 5.74) is 0.876. The van der Waals surface area contributed by atoms with E-state index in [1.165, 1.54) is 18.2 Å². The van der Waals surface area contributed by atoms with Gasteiger partial charge in [0.2, 0.25) is 0 Å². The Bertz CT molecular complexity index is 604. The highest BCUT2D eigenvalue weighted by atomic mass is 35.5. The van der Waals surface area contributed by atoms with Crippen molar-refractivity contribution >= 4 is 23.6 Å². The predicted octanol–water partition coefficient (Wildman–Crippen LogP) is 2.24. The molecule has 0 aliphatic carbocycles. The molecule has 2 amide bonds. The van der Waals surface area contributed by atoms with Gasteiger partial charge in [0.05, 0.1) is 24.1 Å². The monoisotopic (exact) mass is 312 g/mol. The summed E-state index contributed by atoms with van der Waals surface area (Å²) in [7, 11) is 0. The lowest BCUT2D eigenvalue weighted by Gasteiger charge is -2.28. The van der Waals surface area contributed by atoms with Crippen molar-refractivity contribution < 1.29 is 18.7 Å². The molecule has 1 aliphatic heterocycles. The standard InChI is InChI=1S/C14H14ClFN2O3/c1-2-21-13(19)11-10(7-15)17-14(20)18-12(11)8-4-3-5-9(16)6-8/h3-6,12H,2,7H2,1H3,(H2,17,18,20)/t12-/m1/s1. The third-order valence-electron chi connectivity index (χ3n) is 2.96. The van der Waals surface area contributed by atoms with Gasteiger partial charge in [-0.1, -0.05) is 12.1 Å². The van der Waals surface area contributed by atoms with Crippen molar-refractivity contribution in [3.05, 3.63) is 46.9 Å². The third-order valence-corrected chi connectivity index (χ3v) is 3.23. The first-order chi connectivity index (χ1) is 10.1. The maximum absolute atomic E-state index is 13.4. The first kappa shape index (κ1) is 15.3. The van der Waals surface area contributed by atoms with Crippen LogP contribution in [0.15, 0.2) is 35.5 Å². The van der Waals surface area contributed by atoms with Crippen LogP contribution in [-0.4, -0.2) is 24.5 Å². The molecule has 1 atom stereocenters. The summed E-state index contributed by atoms with van der Waals surface area (Å²) in [6.07, 6.45) is 0. The third kappa shape index (κ3) is 3.33. The van der Waals surface area contributed by atoms with Crippen LogP contribution in [0.5, 0.6) is 0 Å². The maximum atomic E-state index is 13.4. The number of allylic oxidation sites excluding steroid dienone is 1. The molecule has 0 aromatic heterocycles. The van der Waals surface area contributed by atoms with Gasteiger partial charge >= 0.3 is 12.0 Å². The van der Waals surface area contributed by atoms with E-state index in [2.05, 4.69) is 10.6 Å². The van der Waals surface area contributed by atoms with E-state index in [9.17, 15) is 14.0 Å². The Balaban J connectivity index is 2.49. The molecule has 0 unspecified atom stereocenters. The molecule has 0 bridgehead atoms. The Morgan fingerprint density at radius 3 is 2.86 bits per heavy atom. The Morgan fingerprint density at radius 2 is 2.24 bits per heavy atom. The summed E-state index contributed by atoms with van der Waals surface area (Å²) < 4.78 is 18.4. The SMILES string of the molecule is CCOC(=O)C1=C(CCl)NC(=O)N[C@@H]1c1cccc(F)c1. The number of ether oxygens (including phenoxy) is 1. The summed E-state index contributed by atoms with van der Waals surface area (Å²) in [5, 5.41) is 5.05. The van der Waals surface area contributed by atoms with E-state index in [0.29, 0.717) is 5.56 Å². The van der Waals surface area contributed by atoms with E-state index >= 15 is 0 Å². The molecule has 0 saturated heterocycles. The van der Waals surface area contributed by atoms with Gasteiger partial charge in [-0.25, -0.2) is 14.0 Å². The van der Waals surface area contributed by atoms with Gasteiger partial charge in [0.25, 0.3) is 0 Å². The van der Waals surface area contributed by atoms with Crippen LogP contribution in [0, 0.1) is 5.82 Å². The molecule has 0 radical (unpaired) electrons. The number of carbonyl (C=O) groups excluding carboxylic acids is 2. The minimum absolute atomic E-state index is 0.0621. The Kier molecular flexibility index (Phi) is 4.80. The van der Waals surface area contributed by atoms with Crippen LogP contribution >= 0.6 is 11.6 Å².